The van der Waals surface area contributed by atoms with Crippen molar-refractivity contribution in [1.29, 1.82) is 0 Å². The highest BCUT2D eigenvalue weighted by Gasteiger charge is 2.05. The maximum absolute atomic E-state index is 11.3. The van der Waals surface area contributed by atoms with Gasteiger partial charge < -0.3 is 10.4 Å². The molecule has 0 aromatic heterocycles. The van der Waals surface area contributed by atoms with E-state index in [9.17, 15) is 9.59 Å². The Morgan fingerprint density at radius 2 is 2.24 bits per heavy atom. The van der Waals surface area contributed by atoms with Gasteiger partial charge in [-0.3, -0.25) is 4.79 Å². The van der Waals surface area contributed by atoms with Gasteiger partial charge in [-0.2, -0.15) is 0 Å². The van der Waals surface area contributed by atoms with Crippen LogP contribution in [0.25, 0.3) is 0 Å². The van der Waals surface area contributed by atoms with Crippen LogP contribution in [0.4, 0.5) is 0 Å². The second-order valence-corrected chi connectivity index (χ2v) is 4.15. The normalized spacial score (nSPS) is 9.35. The van der Waals surface area contributed by atoms with E-state index in [0.717, 1.165) is 4.90 Å². The molecule has 0 saturated carbocycles. The molecule has 0 unspecified atom stereocenters. The van der Waals surface area contributed by atoms with Gasteiger partial charge in [-0.05, 0) is 18.2 Å². The lowest BCUT2D eigenvalue weighted by atomic mass is 10.2. The van der Waals surface area contributed by atoms with Gasteiger partial charge in [0.05, 0.1) is 17.9 Å². The summed E-state index contributed by atoms with van der Waals surface area (Å²) in [7, 11) is 0. The molecule has 4 nitrogen and oxygen atoms in total. The molecular weight excluding hydrogens is 238 g/mol. The predicted molar refractivity (Wildman–Crippen MR) is 66.0 cm³/mol. The summed E-state index contributed by atoms with van der Waals surface area (Å²) in [6.07, 6.45) is 5.00. The summed E-state index contributed by atoms with van der Waals surface area (Å²) in [5, 5.41) is 11.3. The number of hydrogen-bond donors (Lipinski definition) is 2. The topological polar surface area (TPSA) is 66.4 Å². The van der Waals surface area contributed by atoms with Crippen molar-refractivity contribution in [2.45, 2.75) is 4.90 Å². The first-order chi connectivity index (χ1) is 8.13. The largest absolute Gasteiger partial charge is 0.478 e. The third kappa shape index (κ3) is 4.62. The zero-order valence-corrected chi connectivity index (χ0v) is 9.79. The van der Waals surface area contributed by atoms with Crippen LogP contribution in [0.5, 0.6) is 0 Å². The number of thioether (sulfide) groups is 1. The second-order valence-electron chi connectivity index (χ2n) is 3.10. The zero-order chi connectivity index (χ0) is 12.7. The summed E-state index contributed by atoms with van der Waals surface area (Å²) in [5.41, 5.74) is 0.207. The van der Waals surface area contributed by atoms with Crippen molar-refractivity contribution in [2.75, 3.05) is 12.3 Å². The minimum Gasteiger partial charge on any atom is -0.478 e. The van der Waals surface area contributed by atoms with E-state index in [1.54, 1.807) is 12.1 Å². The summed E-state index contributed by atoms with van der Waals surface area (Å²) in [4.78, 5) is 22.7. The van der Waals surface area contributed by atoms with E-state index in [4.69, 9.17) is 11.5 Å². The smallest absolute Gasteiger partial charge is 0.335 e. The third-order valence-corrected chi connectivity index (χ3v) is 2.83. The fraction of sp³-hybridized carbons (Fsp3) is 0.167. The lowest BCUT2D eigenvalue weighted by Crippen LogP contribution is -2.25. The van der Waals surface area contributed by atoms with Crippen molar-refractivity contribution in [1.82, 2.24) is 5.32 Å². The van der Waals surface area contributed by atoms with Crippen LogP contribution in [-0.2, 0) is 4.79 Å². The fourth-order valence-corrected chi connectivity index (χ4v) is 1.85. The van der Waals surface area contributed by atoms with E-state index < -0.39 is 5.97 Å². The van der Waals surface area contributed by atoms with E-state index in [2.05, 4.69) is 11.2 Å². The molecule has 5 heteroatoms. The molecule has 0 aliphatic heterocycles. The first-order valence-corrected chi connectivity index (χ1v) is 5.78. The summed E-state index contributed by atoms with van der Waals surface area (Å²) >= 11 is 1.27. The first-order valence-electron chi connectivity index (χ1n) is 4.80. The molecular formula is C12H11NO3S. The standard InChI is InChI=1S/C12H11NO3S/c1-2-6-13-11(14)8-17-10-5-3-4-9(7-10)12(15)16/h1,3-5,7H,6,8H2,(H,13,14)(H,15,16). The average Bonchev–Trinajstić information content (AvgIpc) is 2.34. The molecule has 88 valence electrons. The van der Waals surface area contributed by atoms with Crippen LogP contribution < -0.4 is 5.32 Å². The molecule has 1 aromatic rings. The Labute approximate surface area is 103 Å². The molecule has 2 N–H and O–H groups in total. The Bertz CT molecular complexity index is 465. The van der Waals surface area contributed by atoms with Crippen molar-refractivity contribution >= 4 is 23.6 Å². The summed E-state index contributed by atoms with van der Waals surface area (Å²) in [6.45, 7) is 0.203. The number of nitrogens with one attached hydrogen (secondary N) is 1. The van der Waals surface area contributed by atoms with Gasteiger partial charge >= 0.3 is 5.97 Å². The van der Waals surface area contributed by atoms with E-state index in [-0.39, 0.29) is 23.8 Å². The number of carboxylic acids is 1. The minimum absolute atomic E-state index is 0.173. The molecule has 0 heterocycles. The Balaban J connectivity index is 2.52. The summed E-state index contributed by atoms with van der Waals surface area (Å²) < 4.78 is 0. The Kier molecular flexibility index (Phi) is 5.11. The number of hydrogen-bond acceptors (Lipinski definition) is 3. The van der Waals surface area contributed by atoms with Gasteiger partial charge in [0.2, 0.25) is 5.91 Å². The highest BCUT2D eigenvalue weighted by atomic mass is 32.2. The molecule has 0 saturated heterocycles. The maximum atomic E-state index is 11.3. The number of carboxylic acid groups (broad SMARTS) is 1. The van der Waals surface area contributed by atoms with Crippen molar-refractivity contribution in [3.05, 3.63) is 29.8 Å². The molecule has 0 aliphatic rings. The molecule has 0 fully saturated rings. The van der Waals surface area contributed by atoms with Crippen molar-refractivity contribution in [2.24, 2.45) is 0 Å². The van der Waals surface area contributed by atoms with E-state index >= 15 is 0 Å². The molecule has 0 aliphatic carbocycles. The van der Waals surface area contributed by atoms with Crippen molar-refractivity contribution in [3.8, 4) is 12.3 Å². The average molecular weight is 249 g/mol. The first kappa shape index (κ1) is 13.1. The van der Waals surface area contributed by atoms with Gasteiger partial charge in [0, 0.05) is 4.90 Å². The van der Waals surface area contributed by atoms with Crippen LogP contribution in [0.2, 0.25) is 0 Å². The van der Waals surface area contributed by atoms with Gasteiger partial charge in [0.15, 0.2) is 0 Å². The van der Waals surface area contributed by atoms with Crippen LogP contribution in [0.15, 0.2) is 29.2 Å². The van der Waals surface area contributed by atoms with Crippen LogP contribution in [0, 0.1) is 12.3 Å². The molecule has 1 amide bonds. The molecule has 17 heavy (non-hydrogen) atoms. The lowest BCUT2D eigenvalue weighted by molar-refractivity contribution is -0.118. The van der Waals surface area contributed by atoms with Crippen molar-refractivity contribution in [3.63, 3.8) is 0 Å². The summed E-state index contributed by atoms with van der Waals surface area (Å²) in [6, 6.07) is 6.43. The molecule has 0 atom stereocenters. The maximum Gasteiger partial charge on any atom is 0.335 e. The van der Waals surface area contributed by atoms with Gasteiger partial charge in [-0.1, -0.05) is 12.0 Å². The quantitative estimate of drug-likeness (QED) is 0.608. The van der Waals surface area contributed by atoms with Gasteiger partial charge in [0.25, 0.3) is 0 Å². The Hall–Kier alpha value is -1.93. The van der Waals surface area contributed by atoms with Crippen LogP contribution in [0.3, 0.4) is 0 Å². The number of carbonyl (C=O) groups is 2. The van der Waals surface area contributed by atoms with Crippen LogP contribution >= 0.6 is 11.8 Å². The minimum atomic E-state index is -0.982. The Morgan fingerprint density at radius 1 is 1.47 bits per heavy atom. The highest BCUT2D eigenvalue weighted by Crippen LogP contribution is 2.18. The third-order valence-electron chi connectivity index (χ3n) is 1.84. The number of aromatic carboxylic acids is 1. The molecule has 0 bridgehead atoms. The predicted octanol–water partition coefficient (Wildman–Crippen LogP) is 1.23. The number of rotatable bonds is 5. The van der Waals surface area contributed by atoms with Crippen LogP contribution in [-0.4, -0.2) is 29.3 Å². The fourth-order valence-electron chi connectivity index (χ4n) is 1.07. The summed E-state index contributed by atoms with van der Waals surface area (Å²) in [5.74, 6) is 1.36. The number of terminal acetylenes is 1. The van der Waals surface area contributed by atoms with Crippen LogP contribution in [0.1, 0.15) is 10.4 Å². The lowest BCUT2D eigenvalue weighted by Gasteiger charge is -2.03. The SMILES string of the molecule is C#CCNC(=O)CSc1cccc(C(=O)O)c1. The molecule has 1 aromatic carbocycles. The molecule has 0 radical (unpaired) electrons. The monoisotopic (exact) mass is 249 g/mol. The highest BCUT2D eigenvalue weighted by molar-refractivity contribution is 8.00. The van der Waals surface area contributed by atoms with Gasteiger partial charge in [-0.15, -0.1) is 18.2 Å². The molecule has 1 rings (SSSR count). The number of carbonyl (C=O) groups excluding carboxylic acids is 1. The molecule has 0 spiro atoms. The zero-order valence-electron chi connectivity index (χ0n) is 8.97. The second kappa shape index (κ2) is 6.61. The Morgan fingerprint density at radius 3 is 2.88 bits per heavy atom. The number of benzene rings is 1. The number of amides is 1. The van der Waals surface area contributed by atoms with Gasteiger partial charge in [-0.25, -0.2) is 4.79 Å². The van der Waals surface area contributed by atoms with E-state index in [0.29, 0.717) is 0 Å². The van der Waals surface area contributed by atoms with E-state index in [1.807, 2.05) is 0 Å². The van der Waals surface area contributed by atoms with Crippen molar-refractivity contribution < 1.29 is 14.7 Å². The van der Waals surface area contributed by atoms with Gasteiger partial charge in [0.1, 0.15) is 0 Å². The van der Waals surface area contributed by atoms with E-state index in [1.165, 1.54) is 23.9 Å².